The molecule has 11 nitrogen and oxygen atoms in total. The standard InChI is InChI=1S/C7H15O11P3/c8-19(9,10)17-21(13,14)18-20(11,12)16-5-7-2-1-6(3-7)4-15-7/h6H,1-5H2,(H,11,12)(H,13,14)(H2,8,9,10)/t6?,7-/m0/s1. The number of hydrogen-bond donors (Lipinski definition) is 4. The minimum atomic E-state index is -5.46. The Bertz CT molecular complexity index is 532. The molecule has 14 heteroatoms. The van der Waals surface area contributed by atoms with Gasteiger partial charge < -0.3 is 24.3 Å². The van der Waals surface area contributed by atoms with Crippen molar-refractivity contribution in [3.63, 3.8) is 0 Å². The number of phosphoric ester groups is 1. The largest absolute Gasteiger partial charge is 0.490 e. The van der Waals surface area contributed by atoms with Crippen molar-refractivity contribution in [2.75, 3.05) is 13.2 Å². The zero-order valence-corrected chi connectivity index (χ0v) is 13.3. The molecule has 1 heterocycles. The molecule has 0 amide bonds. The predicted molar refractivity (Wildman–Crippen MR) is 65.8 cm³/mol. The van der Waals surface area contributed by atoms with Gasteiger partial charge in [-0.05, 0) is 25.2 Å². The molecule has 1 saturated carbocycles. The van der Waals surface area contributed by atoms with E-state index in [0.717, 1.165) is 6.42 Å². The smallest absolute Gasteiger partial charge is 0.372 e. The first-order valence-corrected chi connectivity index (χ1v) is 10.3. The lowest BCUT2D eigenvalue weighted by Gasteiger charge is -2.27. The summed E-state index contributed by atoms with van der Waals surface area (Å²) in [5.74, 6) is 0.356. The summed E-state index contributed by atoms with van der Waals surface area (Å²) >= 11 is 0. The first kappa shape index (κ1) is 17.7. The molecule has 2 rings (SSSR count). The van der Waals surface area contributed by atoms with Crippen LogP contribution in [0.3, 0.4) is 0 Å². The average molecular weight is 368 g/mol. The number of hydrogen-bond acceptors (Lipinski definition) is 7. The van der Waals surface area contributed by atoms with Crippen molar-refractivity contribution in [2.24, 2.45) is 5.92 Å². The SMILES string of the molecule is O=P(O)(O)OP(=O)(O)OP(=O)(O)OC[C@@]12CCC(CO1)C2. The summed E-state index contributed by atoms with van der Waals surface area (Å²) in [6.45, 7) is 0.174. The summed E-state index contributed by atoms with van der Waals surface area (Å²) in [6.07, 6.45) is 2.15. The summed E-state index contributed by atoms with van der Waals surface area (Å²) in [5.41, 5.74) is -0.726. The third-order valence-corrected chi connectivity index (χ3v) is 6.98. The lowest BCUT2D eigenvalue weighted by Crippen LogP contribution is -2.32. The van der Waals surface area contributed by atoms with E-state index in [0.29, 0.717) is 25.4 Å². The molecule has 1 aliphatic heterocycles. The number of rotatable bonds is 7. The van der Waals surface area contributed by atoms with E-state index in [1.54, 1.807) is 0 Å². The van der Waals surface area contributed by atoms with Crippen molar-refractivity contribution in [3.8, 4) is 0 Å². The van der Waals surface area contributed by atoms with E-state index < -0.39 is 29.1 Å². The second-order valence-electron chi connectivity index (χ2n) is 4.97. The zero-order valence-electron chi connectivity index (χ0n) is 10.6. The molecule has 1 aliphatic carbocycles. The topological polar surface area (TPSA) is 169 Å². The van der Waals surface area contributed by atoms with Crippen LogP contribution in [0.15, 0.2) is 0 Å². The second kappa shape index (κ2) is 5.78. The summed E-state index contributed by atoms with van der Waals surface area (Å²) in [4.78, 5) is 35.1. The molecule has 2 aliphatic rings. The minimum absolute atomic E-state index is 0.340. The van der Waals surface area contributed by atoms with Crippen molar-refractivity contribution in [3.05, 3.63) is 0 Å². The third kappa shape index (κ3) is 5.20. The highest BCUT2D eigenvalue weighted by Crippen LogP contribution is 2.66. The van der Waals surface area contributed by atoms with E-state index >= 15 is 0 Å². The summed E-state index contributed by atoms with van der Waals surface area (Å²) < 4.78 is 50.4. The molecular weight excluding hydrogens is 353 g/mol. The van der Waals surface area contributed by atoms with E-state index in [1.807, 2.05) is 0 Å². The molecule has 0 aromatic heterocycles. The van der Waals surface area contributed by atoms with Gasteiger partial charge in [-0.2, -0.15) is 8.62 Å². The summed E-state index contributed by atoms with van der Waals surface area (Å²) in [7, 11) is -15.9. The van der Waals surface area contributed by atoms with E-state index in [2.05, 4.69) is 13.1 Å². The molecule has 4 N–H and O–H groups in total. The normalized spacial score (nSPS) is 34.6. The van der Waals surface area contributed by atoms with E-state index in [4.69, 9.17) is 19.4 Å². The first-order chi connectivity index (χ1) is 9.41. The lowest BCUT2D eigenvalue weighted by atomic mass is 10.1. The number of phosphoric acid groups is 3. The van der Waals surface area contributed by atoms with Crippen LogP contribution < -0.4 is 0 Å². The molecule has 3 unspecified atom stereocenters. The van der Waals surface area contributed by atoms with Crippen LogP contribution in [-0.4, -0.2) is 38.4 Å². The molecular formula is C7H15O11P3. The fourth-order valence-corrected chi connectivity index (χ4v) is 5.53. The van der Waals surface area contributed by atoms with Crippen molar-refractivity contribution in [2.45, 2.75) is 24.9 Å². The van der Waals surface area contributed by atoms with E-state index in [1.165, 1.54) is 0 Å². The first-order valence-electron chi connectivity index (χ1n) is 5.83. The van der Waals surface area contributed by atoms with Gasteiger partial charge in [-0.15, -0.1) is 0 Å². The van der Waals surface area contributed by atoms with Gasteiger partial charge in [0.2, 0.25) is 0 Å². The van der Waals surface area contributed by atoms with Crippen LogP contribution in [0.2, 0.25) is 0 Å². The average Bonchev–Trinajstić information content (AvgIpc) is 2.82. The maximum Gasteiger partial charge on any atom is 0.490 e. The lowest BCUT2D eigenvalue weighted by molar-refractivity contribution is -0.0514. The molecule has 2 bridgehead atoms. The van der Waals surface area contributed by atoms with Gasteiger partial charge in [-0.1, -0.05) is 0 Å². The fraction of sp³-hybridized carbons (Fsp3) is 1.00. The van der Waals surface area contributed by atoms with Gasteiger partial charge in [-0.25, -0.2) is 13.7 Å². The molecule has 124 valence electrons. The molecule has 1 saturated heterocycles. The number of ether oxygens (including phenoxy) is 1. The monoisotopic (exact) mass is 368 g/mol. The Hall–Kier alpha value is 0.370. The van der Waals surface area contributed by atoms with Gasteiger partial charge in [0.25, 0.3) is 0 Å². The molecule has 21 heavy (non-hydrogen) atoms. The Morgan fingerprint density at radius 1 is 1.10 bits per heavy atom. The summed E-state index contributed by atoms with van der Waals surface area (Å²) in [6, 6.07) is 0. The fourth-order valence-electron chi connectivity index (χ4n) is 2.44. The Morgan fingerprint density at radius 2 is 1.76 bits per heavy atom. The molecule has 4 atom stereocenters. The van der Waals surface area contributed by atoms with Crippen molar-refractivity contribution in [1.29, 1.82) is 0 Å². The summed E-state index contributed by atoms with van der Waals surface area (Å²) in [5, 5.41) is 0. The highest BCUT2D eigenvalue weighted by Gasteiger charge is 2.49. The Kier molecular flexibility index (Phi) is 4.88. The van der Waals surface area contributed by atoms with Crippen molar-refractivity contribution < 1.29 is 51.2 Å². The van der Waals surface area contributed by atoms with Gasteiger partial charge in [0.1, 0.15) is 0 Å². The number of fused-ring (bicyclic) bond motifs is 2. The van der Waals surface area contributed by atoms with Gasteiger partial charge in [-0.3, -0.25) is 4.52 Å². The minimum Gasteiger partial charge on any atom is -0.372 e. The molecule has 0 aromatic rings. The van der Waals surface area contributed by atoms with Gasteiger partial charge in [0.05, 0.1) is 18.8 Å². The Morgan fingerprint density at radius 3 is 2.19 bits per heavy atom. The van der Waals surface area contributed by atoms with Gasteiger partial charge >= 0.3 is 23.5 Å². The maximum atomic E-state index is 11.5. The molecule has 0 aromatic carbocycles. The zero-order chi connectivity index (χ0) is 15.9. The van der Waals surface area contributed by atoms with Crippen LogP contribution in [0.5, 0.6) is 0 Å². The van der Waals surface area contributed by atoms with Crippen LogP contribution in [-0.2, 0) is 31.6 Å². The van der Waals surface area contributed by atoms with Crippen molar-refractivity contribution in [1.82, 2.24) is 0 Å². The maximum absolute atomic E-state index is 11.5. The van der Waals surface area contributed by atoms with Gasteiger partial charge in [0.15, 0.2) is 0 Å². The van der Waals surface area contributed by atoms with Crippen LogP contribution in [0.25, 0.3) is 0 Å². The van der Waals surface area contributed by atoms with Crippen LogP contribution in [0.4, 0.5) is 0 Å². The van der Waals surface area contributed by atoms with Crippen molar-refractivity contribution >= 4 is 23.5 Å². The predicted octanol–water partition coefficient (Wildman–Crippen LogP) is 0.899. The van der Waals surface area contributed by atoms with Crippen LogP contribution >= 0.6 is 23.5 Å². The molecule has 0 spiro atoms. The van der Waals surface area contributed by atoms with E-state index in [9.17, 15) is 18.6 Å². The second-order valence-corrected chi connectivity index (χ2v) is 9.39. The van der Waals surface area contributed by atoms with Gasteiger partial charge in [0, 0.05) is 0 Å². The van der Waals surface area contributed by atoms with Crippen LogP contribution in [0, 0.1) is 5.92 Å². The van der Waals surface area contributed by atoms with Crippen LogP contribution in [0.1, 0.15) is 19.3 Å². The Balaban J connectivity index is 1.91. The highest BCUT2D eigenvalue weighted by molar-refractivity contribution is 7.66. The van der Waals surface area contributed by atoms with E-state index in [-0.39, 0.29) is 6.61 Å². The third-order valence-electron chi connectivity index (χ3n) is 3.20. The highest BCUT2D eigenvalue weighted by atomic mass is 31.3. The molecule has 0 radical (unpaired) electrons. The quantitative estimate of drug-likeness (QED) is 0.471. The molecule has 2 fully saturated rings. The Labute approximate surface area is 119 Å².